The van der Waals surface area contributed by atoms with Crippen LogP contribution in [0.3, 0.4) is 0 Å². The maximum absolute atomic E-state index is 11.9. The molecular formula is C15H18N2OS. The minimum absolute atomic E-state index is 0.0812. The second-order valence-electron chi connectivity index (χ2n) is 4.55. The molecule has 2 rings (SSSR count). The standard InChI is InChI=1S/C15H18N2OS/c1-11(14-3-2-10-19-14)17-15(18)9-6-12-4-7-13(16)8-5-12/h2-5,7-8,10-11H,6,9,16H2,1H3,(H,17,18)/t11-/m1/s1. The van der Waals surface area contributed by atoms with Crippen molar-refractivity contribution in [1.82, 2.24) is 5.32 Å². The maximum atomic E-state index is 11.9. The lowest BCUT2D eigenvalue weighted by atomic mass is 10.1. The second kappa shape index (κ2) is 6.38. The summed E-state index contributed by atoms with van der Waals surface area (Å²) in [5.41, 5.74) is 7.51. The fraction of sp³-hybridized carbons (Fsp3) is 0.267. The second-order valence-corrected chi connectivity index (χ2v) is 5.53. The number of rotatable bonds is 5. The lowest BCUT2D eigenvalue weighted by molar-refractivity contribution is -0.121. The zero-order chi connectivity index (χ0) is 13.7. The summed E-state index contributed by atoms with van der Waals surface area (Å²) in [7, 11) is 0. The van der Waals surface area contributed by atoms with Gasteiger partial charge in [0.15, 0.2) is 0 Å². The monoisotopic (exact) mass is 274 g/mol. The molecule has 0 bridgehead atoms. The zero-order valence-electron chi connectivity index (χ0n) is 10.9. The van der Waals surface area contributed by atoms with Crippen molar-refractivity contribution >= 4 is 22.9 Å². The molecular weight excluding hydrogens is 256 g/mol. The molecule has 0 fully saturated rings. The summed E-state index contributed by atoms with van der Waals surface area (Å²) in [6.45, 7) is 2.01. The highest BCUT2D eigenvalue weighted by atomic mass is 32.1. The number of nitrogens with two attached hydrogens (primary N) is 1. The summed E-state index contributed by atoms with van der Waals surface area (Å²) in [4.78, 5) is 13.0. The highest BCUT2D eigenvalue weighted by Gasteiger charge is 2.10. The fourth-order valence-corrected chi connectivity index (χ4v) is 2.60. The molecule has 1 amide bonds. The van der Waals surface area contributed by atoms with Gasteiger partial charge in [0.05, 0.1) is 6.04 Å². The van der Waals surface area contributed by atoms with Gasteiger partial charge >= 0.3 is 0 Å². The van der Waals surface area contributed by atoms with Crippen LogP contribution in [0.5, 0.6) is 0 Å². The van der Waals surface area contributed by atoms with Crippen LogP contribution < -0.4 is 11.1 Å². The Balaban J connectivity index is 1.80. The maximum Gasteiger partial charge on any atom is 0.220 e. The van der Waals surface area contributed by atoms with E-state index in [1.54, 1.807) is 11.3 Å². The molecule has 100 valence electrons. The summed E-state index contributed by atoms with van der Waals surface area (Å²) in [6, 6.07) is 11.8. The van der Waals surface area contributed by atoms with Gasteiger partial charge in [-0.25, -0.2) is 0 Å². The summed E-state index contributed by atoms with van der Waals surface area (Å²) in [5.74, 6) is 0.0812. The van der Waals surface area contributed by atoms with Gasteiger partial charge in [-0.3, -0.25) is 4.79 Å². The fourth-order valence-electron chi connectivity index (χ4n) is 1.86. The van der Waals surface area contributed by atoms with E-state index >= 15 is 0 Å². The van der Waals surface area contributed by atoms with Crippen molar-refractivity contribution in [2.45, 2.75) is 25.8 Å². The molecule has 4 heteroatoms. The molecule has 0 spiro atoms. The van der Waals surface area contributed by atoms with Gasteiger partial charge in [-0.15, -0.1) is 11.3 Å². The number of hydrogen-bond acceptors (Lipinski definition) is 3. The summed E-state index contributed by atoms with van der Waals surface area (Å²) >= 11 is 1.66. The van der Waals surface area contributed by atoms with Crippen LogP contribution in [-0.4, -0.2) is 5.91 Å². The van der Waals surface area contributed by atoms with E-state index in [9.17, 15) is 4.79 Å². The highest BCUT2D eigenvalue weighted by molar-refractivity contribution is 7.10. The number of thiophene rings is 1. The third kappa shape index (κ3) is 4.10. The number of hydrogen-bond donors (Lipinski definition) is 2. The van der Waals surface area contributed by atoms with Crippen molar-refractivity contribution in [3.8, 4) is 0 Å². The molecule has 1 atom stereocenters. The Labute approximate surface area is 117 Å². The Hall–Kier alpha value is -1.81. The minimum atomic E-state index is 0.0812. The van der Waals surface area contributed by atoms with E-state index in [0.29, 0.717) is 6.42 Å². The first-order valence-corrected chi connectivity index (χ1v) is 7.20. The third-order valence-corrected chi connectivity index (χ3v) is 4.02. The third-order valence-electron chi connectivity index (χ3n) is 2.97. The Kier molecular flexibility index (Phi) is 4.58. The van der Waals surface area contributed by atoms with E-state index in [-0.39, 0.29) is 11.9 Å². The van der Waals surface area contributed by atoms with Gasteiger partial charge in [0.2, 0.25) is 5.91 Å². The van der Waals surface area contributed by atoms with Gasteiger partial charge in [0, 0.05) is 17.0 Å². The summed E-state index contributed by atoms with van der Waals surface area (Å²) < 4.78 is 0. The number of anilines is 1. The van der Waals surface area contributed by atoms with Crippen LogP contribution in [0.1, 0.15) is 29.8 Å². The molecule has 3 nitrogen and oxygen atoms in total. The van der Waals surface area contributed by atoms with E-state index in [0.717, 1.165) is 17.7 Å². The van der Waals surface area contributed by atoms with E-state index in [4.69, 9.17) is 5.73 Å². The quantitative estimate of drug-likeness (QED) is 0.823. The smallest absolute Gasteiger partial charge is 0.220 e. The molecule has 0 unspecified atom stereocenters. The molecule has 0 radical (unpaired) electrons. The predicted octanol–water partition coefficient (Wildman–Crippen LogP) is 3.14. The molecule has 0 aliphatic heterocycles. The topological polar surface area (TPSA) is 55.1 Å². The first-order chi connectivity index (χ1) is 9.15. The SMILES string of the molecule is C[C@@H](NC(=O)CCc1ccc(N)cc1)c1cccs1. The van der Waals surface area contributed by atoms with E-state index in [1.165, 1.54) is 4.88 Å². The van der Waals surface area contributed by atoms with Gasteiger partial charge in [-0.1, -0.05) is 18.2 Å². The number of nitrogen functional groups attached to an aromatic ring is 1. The predicted molar refractivity (Wildman–Crippen MR) is 80.1 cm³/mol. The Morgan fingerprint density at radius 2 is 2.05 bits per heavy atom. The zero-order valence-corrected chi connectivity index (χ0v) is 11.7. The van der Waals surface area contributed by atoms with E-state index < -0.39 is 0 Å². The normalized spacial score (nSPS) is 12.1. The molecule has 2 aromatic rings. The van der Waals surface area contributed by atoms with Crippen molar-refractivity contribution in [3.63, 3.8) is 0 Å². The summed E-state index contributed by atoms with van der Waals surface area (Å²) in [6.07, 6.45) is 1.24. The van der Waals surface area contributed by atoms with Crippen LogP contribution in [0.2, 0.25) is 0 Å². The van der Waals surface area contributed by atoms with Gasteiger partial charge in [0.25, 0.3) is 0 Å². The average Bonchev–Trinajstić information content (AvgIpc) is 2.92. The number of carbonyl (C=O) groups is 1. The number of carbonyl (C=O) groups excluding carboxylic acids is 1. The van der Waals surface area contributed by atoms with E-state index in [2.05, 4.69) is 5.32 Å². The molecule has 1 heterocycles. The van der Waals surface area contributed by atoms with Crippen LogP contribution in [0, 0.1) is 0 Å². The molecule has 1 aromatic heterocycles. The number of nitrogens with one attached hydrogen (secondary N) is 1. The van der Waals surface area contributed by atoms with Crippen LogP contribution in [-0.2, 0) is 11.2 Å². The lowest BCUT2D eigenvalue weighted by Gasteiger charge is -2.12. The molecule has 19 heavy (non-hydrogen) atoms. The van der Waals surface area contributed by atoms with Crippen molar-refractivity contribution in [1.29, 1.82) is 0 Å². The van der Waals surface area contributed by atoms with Gasteiger partial charge < -0.3 is 11.1 Å². The molecule has 1 aromatic carbocycles. The number of benzene rings is 1. The Morgan fingerprint density at radius 3 is 2.68 bits per heavy atom. The highest BCUT2D eigenvalue weighted by Crippen LogP contribution is 2.18. The molecule has 0 aliphatic carbocycles. The Morgan fingerprint density at radius 1 is 1.32 bits per heavy atom. The van der Waals surface area contributed by atoms with Crippen molar-refractivity contribution < 1.29 is 4.79 Å². The summed E-state index contributed by atoms with van der Waals surface area (Å²) in [5, 5.41) is 5.03. The Bertz CT molecular complexity index is 520. The average molecular weight is 274 g/mol. The van der Waals surface area contributed by atoms with Crippen molar-refractivity contribution in [3.05, 3.63) is 52.2 Å². The van der Waals surface area contributed by atoms with Crippen molar-refractivity contribution in [2.75, 3.05) is 5.73 Å². The number of aryl methyl sites for hydroxylation is 1. The molecule has 0 saturated heterocycles. The van der Waals surface area contributed by atoms with Crippen LogP contribution in [0.15, 0.2) is 41.8 Å². The number of amides is 1. The van der Waals surface area contributed by atoms with Gasteiger partial charge in [-0.05, 0) is 42.5 Å². The van der Waals surface area contributed by atoms with E-state index in [1.807, 2.05) is 48.7 Å². The molecule has 3 N–H and O–H groups in total. The minimum Gasteiger partial charge on any atom is -0.399 e. The van der Waals surface area contributed by atoms with Crippen molar-refractivity contribution in [2.24, 2.45) is 0 Å². The first-order valence-electron chi connectivity index (χ1n) is 6.32. The lowest BCUT2D eigenvalue weighted by Crippen LogP contribution is -2.26. The molecule has 0 aliphatic rings. The van der Waals surface area contributed by atoms with Crippen LogP contribution in [0.25, 0.3) is 0 Å². The first kappa shape index (κ1) is 13.6. The van der Waals surface area contributed by atoms with Crippen LogP contribution >= 0.6 is 11.3 Å². The largest absolute Gasteiger partial charge is 0.399 e. The van der Waals surface area contributed by atoms with Gasteiger partial charge in [0.1, 0.15) is 0 Å². The van der Waals surface area contributed by atoms with Gasteiger partial charge in [-0.2, -0.15) is 0 Å². The molecule has 0 saturated carbocycles. The van der Waals surface area contributed by atoms with Crippen LogP contribution in [0.4, 0.5) is 5.69 Å².